The summed E-state index contributed by atoms with van der Waals surface area (Å²) in [6.45, 7) is 2.26. The molecule has 1 N–H and O–H groups in total. The zero-order valence-electron chi connectivity index (χ0n) is 16.0. The van der Waals surface area contributed by atoms with Crippen LogP contribution in [-0.2, 0) is 4.79 Å². The van der Waals surface area contributed by atoms with E-state index in [4.69, 9.17) is 5.11 Å². The van der Waals surface area contributed by atoms with Gasteiger partial charge in [0.05, 0.1) is 0 Å². The monoisotopic (exact) mass is 336 g/mol. The zero-order valence-corrected chi connectivity index (χ0v) is 16.0. The Morgan fingerprint density at radius 1 is 0.625 bits per heavy atom. The Morgan fingerprint density at radius 2 is 1.00 bits per heavy atom. The summed E-state index contributed by atoms with van der Waals surface area (Å²) in [5.41, 5.74) is 0. The maximum absolute atomic E-state index is 10.4. The number of hydrogen-bond acceptors (Lipinski definition) is 1. The first-order chi connectivity index (χ1) is 11.8. The van der Waals surface area contributed by atoms with E-state index in [1.165, 1.54) is 70.6 Å². The smallest absolute Gasteiger partial charge is 0.303 e. The van der Waals surface area contributed by atoms with Crippen molar-refractivity contribution in [3.8, 4) is 0 Å². The summed E-state index contributed by atoms with van der Waals surface area (Å²) in [5, 5.41) is 8.54. The van der Waals surface area contributed by atoms with E-state index in [-0.39, 0.29) is 0 Å². The van der Waals surface area contributed by atoms with Crippen LogP contribution in [0.2, 0.25) is 0 Å². The van der Waals surface area contributed by atoms with Gasteiger partial charge in [0.25, 0.3) is 0 Å². The summed E-state index contributed by atoms with van der Waals surface area (Å²) in [6.07, 6.45) is 28.2. The normalized spacial score (nSPS) is 11.7. The summed E-state index contributed by atoms with van der Waals surface area (Å²) in [7, 11) is 0. The highest BCUT2D eigenvalue weighted by molar-refractivity contribution is 5.66. The van der Waals surface area contributed by atoms with Crippen molar-refractivity contribution >= 4 is 5.97 Å². The van der Waals surface area contributed by atoms with Crippen LogP contribution in [0, 0.1) is 0 Å². The second-order valence-corrected chi connectivity index (χ2v) is 6.78. The minimum atomic E-state index is -0.673. The first-order valence-corrected chi connectivity index (χ1v) is 10.3. The van der Waals surface area contributed by atoms with Crippen LogP contribution in [0.3, 0.4) is 0 Å². The van der Waals surface area contributed by atoms with E-state index in [9.17, 15) is 4.79 Å². The van der Waals surface area contributed by atoms with Gasteiger partial charge in [-0.2, -0.15) is 0 Å². The second-order valence-electron chi connectivity index (χ2n) is 6.78. The molecule has 0 bridgehead atoms. The van der Waals surface area contributed by atoms with Crippen LogP contribution in [0.1, 0.15) is 110 Å². The number of unbranched alkanes of at least 4 members (excludes halogenated alkanes) is 12. The maximum atomic E-state index is 10.4. The molecule has 2 heteroatoms. The molecule has 0 atom stereocenters. The summed E-state index contributed by atoms with van der Waals surface area (Å²) < 4.78 is 0. The average Bonchev–Trinajstić information content (AvgIpc) is 2.56. The van der Waals surface area contributed by atoms with Crippen molar-refractivity contribution in [2.45, 2.75) is 110 Å². The van der Waals surface area contributed by atoms with E-state index in [1.54, 1.807) is 0 Å². The van der Waals surface area contributed by atoms with Crippen molar-refractivity contribution in [1.29, 1.82) is 0 Å². The molecule has 0 saturated heterocycles. The van der Waals surface area contributed by atoms with Gasteiger partial charge in [0.1, 0.15) is 0 Å². The van der Waals surface area contributed by atoms with Crippen LogP contribution in [0.4, 0.5) is 0 Å². The first-order valence-electron chi connectivity index (χ1n) is 10.3. The van der Waals surface area contributed by atoms with Crippen LogP contribution in [0.5, 0.6) is 0 Å². The topological polar surface area (TPSA) is 37.3 Å². The van der Waals surface area contributed by atoms with E-state index in [0.29, 0.717) is 6.42 Å². The molecule has 24 heavy (non-hydrogen) atoms. The van der Waals surface area contributed by atoms with Gasteiger partial charge in [-0.1, -0.05) is 69.8 Å². The maximum Gasteiger partial charge on any atom is 0.303 e. The largest absolute Gasteiger partial charge is 0.481 e. The zero-order chi connectivity index (χ0) is 17.7. The fourth-order valence-corrected chi connectivity index (χ4v) is 2.75. The standard InChI is InChI=1S/C22H40O2/c1-2-3-4-5-6-7-8-9-10-11-12-13-14-15-16-17-18-19-20-21-22(23)24/h7-8,15-16H,2-6,9-14,17-21H2,1H3,(H,23,24)/b8-7+,16-15+. The van der Waals surface area contributed by atoms with E-state index < -0.39 is 5.97 Å². The van der Waals surface area contributed by atoms with Crippen LogP contribution in [0.25, 0.3) is 0 Å². The molecule has 0 aliphatic carbocycles. The lowest BCUT2D eigenvalue weighted by molar-refractivity contribution is -0.137. The molecule has 2 nitrogen and oxygen atoms in total. The third kappa shape index (κ3) is 20.9. The SMILES string of the molecule is CCCCCC/C=C/CCCCCC/C=C/CCCCCC(=O)O. The summed E-state index contributed by atoms with van der Waals surface area (Å²) in [4.78, 5) is 10.4. The summed E-state index contributed by atoms with van der Waals surface area (Å²) >= 11 is 0. The molecule has 0 radical (unpaired) electrons. The molecule has 0 aromatic rings. The van der Waals surface area contributed by atoms with Gasteiger partial charge in [0.2, 0.25) is 0 Å². The van der Waals surface area contributed by atoms with Crippen molar-refractivity contribution in [3.63, 3.8) is 0 Å². The molecule has 0 heterocycles. The number of carboxylic acid groups (broad SMARTS) is 1. The predicted octanol–water partition coefficient (Wildman–Crippen LogP) is 7.44. The highest BCUT2D eigenvalue weighted by Gasteiger charge is 1.95. The molecular weight excluding hydrogens is 296 g/mol. The van der Waals surface area contributed by atoms with E-state index in [1.807, 2.05) is 0 Å². The van der Waals surface area contributed by atoms with Crippen molar-refractivity contribution < 1.29 is 9.90 Å². The van der Waals surface area contributed by atoms with Crippen molar-refractivity contribution in [3.05, 3.63) is 24.3 Å². The van der Waals surface area contributed by atoms with Crippen LogP contribution < -0.4 is 0 Å². The van der Waals surface area contributed by atoms with Crippen LogP contribution in [-0.4, -0.2) is 11.1 Å². The second kappa shape index (κ2) is 20.0. The third-order valence-corrected chi connectivity index (χ3v) is 4.31. The Balaban J connectivity index is 3.15. The minimum Gasteiger partial charge on any atom is -0.481 e. The molecule has 0 saturated carbocycles. The highest BCUT2D eigenvalue weighted by Crippen LogP contribution is 2.09. The average molecular weight is 337 g/mol. The fourth-order valence-electron chi connectivity index (χ4n) is 2.75. The van der Waals surface area contributed by atoms with Gasteiger partial charge in [-0.3, -0.25) is 4.79 Å². The lowest BCUT2D eigenvalue weighted by Crippen LogP contribution is -1.93. The highest BCUT2D eigenvalue weighted by atomic mass is 16.4. The fraction of sp³-hybridized carbons (Fsp3) is 0.773. The molecular formula is C22H40O2. The van der Waals surface area contributed by atoms with Gasteiger partial charge >= 0.3 is 5.97 Å². The third-order valence-electron chi connectivity index (χ3n) is 4.31. The number of allylic oxidation sites excluding steroid dienone is 4. The first kappa shape index (κ1) is 22.9. The molecule has 0 fully saturated rings. The Hall–Kier alpha value is -1.05. The Labute approximate surface area is 150 Å². The molecule has 0 spiro atoms. The predicted molar refractivity (Wildman–Crippen MR) is 105 cm³/mol. The quantitative estimate of drug-likeness (QED) is 0.208. The lowest BCUT2D eigenvalue weighted by Gasteiger charge is -1.98. The molecule has 0 rings (SSSR count). The molecule has 140 valence electrons. The summed E-state index contributed by atoms with van der Waals surface area (Å²) in [6, 6.07) is 0. The molecule has 0 aliphatic heterocycles. The van der Waals surface area contributed by atoms with Gasteiger partial charge in [0, 0.05) is 6.42 Å². The number of carboxylic acids is 1. The van der Waals surface area contributed by atoms with E-state index in [2.05, 4.69) is 31.2 Å². The lowest BCUT2D eigenvalue weighted by atomic mass is 10.1. The van der Waals surface area contributed by atoms with Crippen LogP contribution >= 0.6 is 0 Å². The summed E-state index contributed by atoms with van der Waals surface area (Å²) in [5.74, 6) is -0.673. The molecule has 0 aromatic carbocycles. The van der Waals surface area contributed by atoms with Gasteiger partial charge in [-0.15, -0.1) is 0 Å². The molecule has 0 aliphatic rings. The van der Waals surface area contributed by atoms with Gasteiger partial charge in [-0.05, 0) is 57.8 Å². The number of aliphatic carboxylic acids is 1. The van der Waals surface area contributed by atoms with Gasteiger partial charge in [0.15, 0.2) is 0 Å². The minimum absolute atomic E-state index is 0.317. The Kier molecular flexibility index (Phi) is 19.1. The van der Waals surface area contributed by atoms with Crippen molar-refractivity contribution in [2.24, 2.45) is 0 Å². The Morgan fingerprint density at radius 3 is 1.38 bits per heavy atom. The van der Waals surface area contributed by atoms with Crippen LogP contribution in [0.15, 0.2) is 24.3 Å². The Bertz CT molecular complexity index is 318. The van der Waals surface area contributed by atoms with E-state index >= 15 is 0 Å². The number of rotatable bonds is 18. The van der Waals surface area contributed by atoms with E-state index in [0.717, 1.165) is 25.7 Å². The number of hydrogen-bond donors (Lipinski definition) is 1. The van der Waals surface area contributed by atoms with Crippen molar-refractivity contribution in [2.75, 3.05) is 0 Å². The van der Waals surface area contributed by atoms with Gasteiger partial charge in [-0.25, -0.2) is 0 Å². The molecule has 0 unspecified atom stereocenters. The number of carbonyl (C=O) groups is 1. The van der Waals surface area contributed by atoms with Crippen molar-refractivity contribution in [1.82, 2.24) is 0 Å². The van der Waals surface area contributed by atoms with Gasteiger partial charge < -0.3 is 5.11 Å². The molecule has 0 amide bonds. The molecule has 0 aromatic heterocycles.